The van der Waals surface area contributed by atoms with Crippen LogP contribution in [0.5, 0.6) is 5.75 Å². The van der Waals surface area contributed by atoms with Crippen molar-refractivity contribution in [3.8, 4) is 5.75 Å². The van der Waals surface area contributed by atoms with Gasteiger partial charge >= 0.3 is 0 Å². The van der Waals surface area contributed by atoms with E-state index >= 15 is 0 Å². The predicted octanol–water partition coefficient (Wildman–Crippen LogP) is 2.63. The van der Waals surface area contributed by atoms with Gasteiger partial charge in [0.05, 0.1) is 12.4 Å². The van der Waals surface area contributed by atoms with Crippen LogP contribution in [0.1, 0.15) is 42.5 Å². The van der Waals surface area contributed by atoms with Gasteiger partial charge in [0.2, 0.25) is 0 Å². The molecule has 1 aliphatic carbocycles. The number of hydrogen-bond acceptors (Lipinski definition) is 4. The highest BCUT2D eigenvalue weighted by Crippen LogP contribution is 2.25. The number of hydrogen-bond donors (Lipinski definition) is 0. The molecule has 0 unspecified atom stereocenters. The Morgan fingerprint density at radius 2 is 1.95 bits per heavy atom. The number of sulfone groups is 1. The molecule has 0 bridgehead atoms. The van der Waals surface area contributed by atoms with Crippen molar-refractivity contribution in [1.29, 1.82) is 0 Å². The third kappa shape index (κ3) is 3.60. The maximum Gasteiger partial charge on any atom is 0.178 e. The van der Waals surface area contributed by atoms with Crippen molar-refractivity contribution in [3.05, 3.63) is 29.8 Å². The Labute approximate surface area is 120 Å². The van der Waals surface area contributed by atoms with Gasteiger partial charge in [-0.1, -0.05) is 31.4 Å². The van der Waals surface area contributed by atoms with Crippen molar-refractivity contribution >= 4 is 15.6 Å². The molecule has 0 aliphatic heterocycles. The molecule has 0 saturated heterocycles. The van der Waals surface area contributed by atoms with Gasteiger partial charge in [0.25, 0.3) is 0 Å². The lowest BCUT2D eigenvalue weighted by molar-refractivity contribution is 0.102. The standard InChI is InChI=1S/C15H20O4S/c1-19-13-7-5-6-12(10-13)15(16)11-20(17,18)14-8-3-2-4-9-14/h5-7,10,14H,2-4,8-9,11H2,1H3. The second kappa shape index (κ2) is 6.39. The van der Waals surface area contributed by atoms with Gasteiger partial charge in [-0.3, -0.25) is 4.79 Å². The zero-order valence-electron chi connectivity index (χ0n) is 11.7. The van der Waals surface area contributed by atoms with E-state index < -0.39 is 15.6 Å². The minimum absolute atomic E-state index is 0.342. The molecule has 0 radical (unpaired) electrons. The van der Waals surface area contributed by atoms with Crippen LogP contribution in [0.25, 0.3) is 0 Å². The summed E-state index contributed by atoms with van der Waals surface area (Å²) in [7, 11) is -1.82. The molecule has 0 aromatic heterocycles. The SMILES string of the molecule is COc1cccc(C(=O)CS(=O)(=O)C2CCCCC2)c1. The summed E-state index contributed by atoms with van der Waals surface area (Å²) in [6.07, 6.45) is 4.35. The molecule has 1 aromatic rings. The fraction of sp³-hybridized carbons (Fsp3) is 0.533. The summed E-state index contributed by atoms with van der Waals surface area (Å²) >= 11 is 0. The van der Waals surface area contributed by atoms with Crippen LogP contribution in [0.2, 0.25) is 0 Å². The van der Waals surface area contributed by atoms with E-state index in [0.29, 0.717) is 24.2 Å². The lowest BCUT2D eigenvalue weighted by Crippen LogP contribution is -2.29. The monoisotopic (exact) mass is 296 g/mol. The Hall–Kier alpha value is -1.36. The number of rotatable bonds is 5. The molecule has 1 aliphatic rings. The van der Waals surface area contributed by atoms with Gasteiger partial charge in [0.15, 0.2) is 15.6 Å². The smallest absolute Gasteiger partial charge is 0.178 e. The molecule has 0 atom stereocenters. The molecule has 110 valence electrons. The van der Waals surface area contributed by atoms with Crippen LogP contribution < -0.4 is 4.74 Å². The second-order valence-electron chi connectivity index (χ2n) is 5.22. The second-order valence-corrected chi connectivity index (χ2v) is 7.50. The molecule has 4 nitrogen and oxygen atoms in total. The number of benzene rings is 1. The summed E-state index contributed by atoms with van der Waals surface area (Å²) in [6, 6.07) is 6.63. The lowest BCUT2D eigenvalue weighted by Gasteiger charge is -2.21. The Balaban J connectivity index is 2.09. The molecule has 5 heteroatoms. The van der Waals surface area contributed by atoms with Gasteiger partial charge in [0.1, 0.15) is 11.5 Å². The number of carbonyl (C=O) groups is 1. The summed E-state index contributed by atoms with van der Waals surface area (Å²) < 4.78 is 29.6. The van der Waals surface area contributed by atoms with Crippen LogP contribution in [0.4, 0.5) is 0 Å². The summed E-state index contributed by atoms with van der Waals surface area (Å²) in [4.78, 5) is 12.1. The zero-order valence-corrected chi connectivity index (χ0v) is 12.5. The highest BCUT2D eigenvalue weighted by atomic mass is 32.2. The van der Waals surface area contributed by atoms with Crippen molar-refractivity contribution in [2.75, 3.05) is 12.9 Å². The van der Waals surface area contributed by atoms with Gasteiger partial charge in [-0.25, -0.2) is 8.42 Å². The number of Topliss-reactive ketones (excluding diaryl/α,β-unsaturated/α-hetero) is 1. The van der Waals surface area contributed by atoms with Crippen molar-refractivity contribution < 1.29 is 17.9 Å². The molecule has 20 heavy (non-hydrogen) atoms. The first kappa shape index (κ1) is 15.0. The molecule has 1 saturated carbocycles. The first-order valence-corrected chi connectivity index (χ1v) is 8.63. The zero-order chi connectivity index (χ0) is 14.6. The number of ether oxygens (including phenoxy) is 1. The van der Waals surface area contributed by atoms with E-state index in [1.54, 1.807) is 24.3 Å². The van der Waals surface area contributed by atoms with Gasteiger partial charge in [0, 0.05) is 5.56 Å². The normalized spacial score (nSPS) is 16.9. The Morgan fingerprint density at radius 1 is 1.25 bits per heavy atom. The van der Waals surface area contributed by atoms with Crippen molar-refractivity contribution in [3.63, 3.8) is 0 Å². The van der Waals surface area contributed by atoms with Crippen LogP contribution >= 0.6 is 0 Å². The Morgan fingerprint density at radius 3 is 2.60 bits per heavy atom. The maximum atomic E-state index is 12.3. The molecular weight excluding hydrogens is 276 g/mol. The largest absolute Gasteiger partial charge is 0.497 e. The fourth-order valence-electron chi connectivity index (χ4n) is 2.60. The molecule has 1 aromatic carbocycles. The van der Waals surface area contributed by atoms with E-state index in [2.05, 4.69) is 0 Å². The third-order valence-corrected chi connectivity index (χ3v) is 5.94. The van der Waals surface area contributed by atoms with Crippen LogP contribution in [0.3, 0.4) is 0 Å². The molecule has 0 spiro atoms. The van der Waals surface area contributed by atoms with Gasteiger partial charge < -0.3 is 4.74 Å². The highest BCUT2D eigenvalue weighted by Gasteiger charge is 2.29. The quantitative estimate of drug-likeness (QED) is 0.784. The third-order valence-electron chi connectivity index (χ3n) is 3.78. The number of carbonyl (C=O) groups excluding carboxylic acids is 1. The summed E-state index contributed by atoms with van der Waals surface area (Å²) in [5, 5.41) is -0.342. The number of ketones is 1. The molecule has 0 N–H and O–H groups in total. The molecule has 0 amide bonds. The number of methoxy groups -OCH3 is 1. The van der Waals surface area contributed by atoms with Crippen LogP contribution in [-0.4, -0.2) is 32.3 Å². The highest BCUT2D eigenvalue weighted by molar-refractivity contribution is 7.92. The summed E-state index contributed by atoms with van der Waals surface area (Å²) in [5.74, 6) is -0.189. The van der Waals surface area contributed by atoms with E-state index in [-0.39, 0.29) is 11.0 Å². The fourth-order valence-corrected chi connectivity index (χ4v) is 4.42. The van der Waals surface area contributed by atoms with Crippen LogP contribution in [0.15, 0.2) is 24.3 Å². The molecule has 0 heterocycles. The van der Waals surface area contributed by atoms with Crippen molar-refractivity contribution in [1.82, 2.24) is 0 Å². The minimum Gasteiger partial charge on any atom is -0.497 e. The average molecular weight is 296 g/mol. The maximum absolute atomic E-state index is 12.3. The van der Waals surface area contributed by atoms with Crippen LogP contribution in [-0.2, 0) is 9.84 Å². The molecule has 2 rings (SSSR count). The van der Waals surface area contributed by atoms with Gasteiger partial charge in [-0.2, -0.15) is 0 Å². The molecular formula is C15H20O4S. The Kier molecular flexibility index (Phi) is 4.81. The van der Waals surface area contributed by atoms with Crippen LogP contribution in [0, 0.1) is 0 Å². The van der Waals surface area contributed by atoms with E-state index in [1.165, 1.54) is 7.11 Å². The van der Waals surface area contributed by atoms with E-state index in [4.69, 9.17) is 4.74 Å². The Bertz CT molecular complexity index is 571. The van der Waals surface area contributed by atoms with Crippen molar-refractivity contribution in [2.24, 2.45) is 0 Å². The van der Waals surface area contributed by atoms with Gasteiger partial charge in [-0.15, -0.1) is 0 Å². The van der Waals surface area contributed by atoms with E-state index in [9.17, 15) is 13.2 Å². The first-order valence-electron chi connectivity index (χ1n) is 6.92. The first-order chi connectivity index (χ1) is 9.53. The van der Waals surface area contributed by atoms with Crippen molar-refractivity contribution in [2.45, 2.75) is 37.4 Å². The molecule has 1 fully saturated rings. The van der Waals surface area contributed by atoms with E-state index in [0.717, 1.165) is 19.3 Å². The van der Waals surface area contributed by atoms with E-state index in [1.807, 2.05) is 0 Å². The van der Waals surface area contributed by atoms with Gasteiger partial charge in [-0.05, 0) is 25.0 Å². The average Bonchev–Trinajstić information content (AvgIpc) is 2.48. The minimum atomic E-state index is -3.34. The predicted molar refractivity (Wildman–Crippen MR) is 78.0 cm³/mol. The topological polar surface area (TPSA) is 60.4 Å². The summed E-state index contributed by atoms with van der Waals surface area (Å²) in [6.45, 7) is 0. The summed E-state index contributed by atoms with van der Waals surface area (Å²) in [5.41, 5.74) is 0.392. The lowest BCUT2D eigenvalue weighted by atomic mass is 10.0.